The molecule has 0 spiro atoms. The summed E-state index contributed by atoms with van der Waals surface area (Å²) in [6.07, 6.45) is 1.34. The Hall–Kier alpha value is -1.46. The summed E-state index contributed by atoms with van der Waals surface area (Å²) in [6.45, 7) is 3.60. The predicted octanol–water partition coefficient (Wildman–Crippen LogP) is 2.45. The van der Waals surface area contributed by atoms with Crippen LogP contribution in [-0.2, 0) is 9.47 Å². The number of benzene rings is 1. The maximum absolute atomic E-state index is 11.6. The molecule has 1 saturated heterocycles. The van der Waals surface area contributed by atoms with Crippen LogP contribution in [-0.4, -0.2) is 43.9 Å². The normalized spacial score (nSPS) is 24.8. The molecular formula is C15H19ClN2O3. The molecule has 21 heavy (non-hydrogen) atoms. The molecule has 1 aromatic carbocycles. The second-order valence-electron chi connectivity index (χ2n) is 5.42. The van der Waals surface area contributed by atoms with Crippen LogP contribution in [0.5, 0.6) is 0 Å². The molecule has 1 aromatic rings. The second kappa shape index (κ2) is 5.73. The number of ether oxygens (including phenoxy) is 2. The molecule has 6 heteroatoms. The fourth-order valence-corrected chi connectivity index (χ4v) is 2.96. The van der Waals surface area contributed by atoms with E-state index in [9.17, 15) is 4.79 Å². The fourth-order valence-electron chi connectivity index (χ4n) is 2.76. The lowest BCUT2D eigenvalue weighted by Gasteiger charge is -2.35. The highest BCUT2D eigenvalue weighted by Crippen LogP contribution is 2.38. The van der Waals surface area contributed by atoms with E-state index in [-0.39, 0.29) is 23.6 Å². The Morgan fingerprint density at radius 3 is 2.95 bits per heavy atom. The van der Waals surface area contributed by atoms with Crippen LogP contribution in [0.3, 0.4) is 0 Å². The molecule has 3 atom stereocenters. The first kappa shape index (κ1) is 14.5. The molecule has 114 valence electrons. The number of fused-ring (bicyclic) bond motifs is 1. The van der Waals surface area contributed by atoms with Gasteiger partial charge in [0.25, 0.3) is 0 Å². The first-order valence-electron chi connectivity index (χ1n) is 7.11. The quantitative estimate of drug-likeness (QED) is 0.684. The van der Waals surface area contributed by atoms with Gasteiger partial charge in [-0.1, -0.05) is 0 Å². The Morgan fingerprint density at radius 1 is 1.62 bits per heavy atom. The molecule has 0 saturated carbocycles. The Morgan fingerprint density at radius 2 is 2.38 bits per heavy atom. The highest BCUT2D eigenvalue weighted by Gasteiger charge is 2.35. The third-order valence-electron chi connectivity index (χ3n) is 4.00. The molecule has 2 heterocycles. The van der Waals surface area contributed by atoms with Crippen molar-refractivity contribution in [3.8, 4) is 0 Å². The molecular weight excluding hydrogens is 292 g/mol. The van der Waals surface area contributed by atoms with E-state index in [1.54, 1.807) is 6.07 Å². The Labute approximate surface area is 129 Å². The number of carbonyl (C=O) groups is 1. The van der Waals surface area contributed by atoms with Gasteiger partial charge >= 0.3 is 5.97 Å². The average molecular weight is 311 g/mol. The summed E-state index contributed by atoms with van der Waals surface area (Å²) < 4.78 is 10.3. The number of halogens is 1. The monoisotopic (exact) mass is 310 g/mol. The average Bonchev–Trinajstić information content (AvgIpc) is 2.79. The summed E-state index contributed by atoms with van der Waals surface area (Å²) >= 11 is 6.31. The molecule has 0 aliphatic carbocycles. The van der Waals surface area contributed by atoms with E-state index in [4.69, 9.17) is 21.1 Å². The number of methoxy groups -OCH3 is 1. The Bertz CT molecular complexity index is 546. The topological polar surface area (TPSA) is 50.8 Å². The molecule has 1 N–H and O–H groups in total. The van der Waals surface area contributed by atoms with Crippen LogP contribution < -0.4 is 10.2 Å². The first-order chi connectivity index (χ1) is 10.1. The van der Waals surface area contributed by atoms with Crippen molar-refractivity contribution in [3.05, 3.63) is 23.8 Å². The van der Waals surface area contributed by atoms with Gasteiger partial charge < -0.3 is 19.7 Å². The zero-order valence-electron chi connectivity index (χ0n) is 12.1. The van der Waals surface area contributed by atoms with E-state index in [2.05, 4.69) is 10.2 Å². The summed E-state index contributed by atoms with van der Waals surface area (Å²) in [5.74, 6) is -0.337. The van der Waals surface area contributed by atoms with Crippen molar-refractivity contribution >= 4 is 28.9 Å². The maximum atomic E-state index is 11.6. The Balaban J connectivity index is 1.87. The molecule has 0 aromatic heterocycles. The van der Waals surface area contributed by atoms with Gasteiger partial charge in [-0.2, -0.15) is 0 Å². The van der Waals surface area contributed by atoms with Gasteiger partial charge in [-0.05, 0) is 31.5 Å². The Kier molecular flexibility index (Phi) is 3.95. The standard InChI is InChI=1S/C15H19ClN2O3/c1-9(16)14-17-12-7-10(15(19)20-2)3-4-13(12)18(14)8-11-5-6-21-11/h3-4,7,9,11,14,17H,5-6,8H2,1-2H3/t9-,11-,14?/m0/s1. The largest absolute Gasteiger partial charge is 0.465 e. The number of hydrogen-bond donors (Lipinski definition) is 1. The second-order valence-corrected chi connectivity index (χ2v) is 6.11. The fraction of sp³-hybridized carbons (Fsp3) is 0.533. The van der Waals surface area contributed by atoms with Crippen LogP contribution in [0.1, 0.15) is 23.7 Å². The smallest absolute Gasteiger partial charge is 0.337 e. The number of hydrogen-bond acceptors (Lipinski definition) is 5. The van der Waals surface area contributed by atoms with Crippen molar-refractivity contribution in [1.29, 1.82) is 0 Å². The summed E-state index contributed by atoms with van der Waals surface area (Å²) in [5, 5.41) is 3.32. The van der Waals surface area contributed by atoms with E-state index >= 15 is 0 Å². The highest BCUT2D eigenvalue weighted by molar-refractivity contribution is 6.21. The van der Waals surface area contributed by atoms with E-state index in [1.807, 2.05) is 19.1 Å². The van der Waals surface area contributed by atoms with Gasteiger partial charge in [-0.25, -0.2) is 4.79 Å². The number of nitrogens with zero attached hydrogens (tertiary/aromatic N) is 1. The predicted molar refractivity (Wildman–Crippen MR) is 82.2 cm³/mol. The number of alkyl halides is 1. The summed E-state index contributed by atoms with van der Waals surface area (Å²) in [7, 11) is 1.38. The molecule has 0 amide bonds. The number of esters is 1. The molecule has 5 nitrogen and oxygen atoms in total. The van der Waals surface area contributed by atoms with E-state index in [1.165, 1.54) is 7.11 Å². The van der Waals surface area contributed by atoms with Gasteiger partial charge in [-0.3, -0.25) is 0 Å². The van der Waals surface area contributed by atoms with Crippen molar-refractivity contribution < 1.29 is 14.3 Å². The lowest BCUT2D eigenvalue weighted by atomic mass is 10.1. The molecule has 2 aliphatic rings. The van der Waals surface area contributed by atoms with Crippen LogP contribution in [0.2, 0.25) is 0 Å². The van der Waals surface area contributed by atoms with Crippen LogP contribution in [0, 0.1) is 0 Å². The molecule has 1 fully saturated rings. The van der Waals surface area contributed by atoms with Crippen LogP contribution in [0.15, 0.2) is 18.2 Å². The third-order valence-corrected chi connectivity index (χ3v) is 4.23. The zero-order chi connectivity index (χ0) is 15.0. The van der Waals surface area contributed by atoms with Crippen molar-refractivity contribution in [1.82, 2.24) is 0 Å². The van der Waals surface area contributed by atoms with Crippen molar-refractivity contribution in [2.75, 3.05) is 30.5 Å². The van der Waals surface area contributed by atoms with Crippen molar-refractivity contribution in [2.24, 2.45) is 0 Å². The number of carbonyl (C=O) groups excluding carboxylic acids is 1. The molecule has 0 bridgehead atoms. The lowest BCUT2D eigenvalue weighted by molar-refractivity contribution is -0.0449. The van der Waals surface area contributed by atoms with Gasteiger partial charge in [-0.15, -0.1) is 11.6 Å². The lowest BCUT2D eigenvalue weighted by Crippen LogP contribution is -2.48. The van der Waals surface area contributed by atoms with E-state index < -0.39 is 0 Å². The highest BCUT2D eigenvalue weighted by atomic mass is 35.5. The zero-order valence-corrected chi connectivity index (χ0v) is 12.9. The SMILES string of the molecule is COC(=O)c1ccc2c(c1)NC([C@H](C)Cl)N2C[C@@H]1CCO1. The summed E-state index contributed by atoms with van der Waals surface area (Å²) in [4.78, 5) is 13.9. The van der Waals surface area contributed by atoms with Gasteiger partial charge in [0, 0.05) is 13.2 Å². The van der Waals surface area contributed by atoms with E-state index in [0.29, 0.717) is 5.56 Å². The van der Waals surface area contributed by atoms with Crippen LogP contribution in [0.25, 0.3) is 0 Å². The molecule has 1 unspecified atom stereocenters. The van der Waals surface area contributed by atoms with Crippen molar-refractivity contribution in [3.63, 3.8) is 0 Å². The van der Waals surface area contributed by atoms with Gasteiger partial charge in [0.2, 0.25) is 0 Å². The van der Waals surface area contributed by atoms with Crippen LogP contribution >= 0.6 is 11.6 Å². The first-order valence-corrected chi connectivity index (χ1v) is 7.55. The molecule has 0 radical (unpaired) electrons. The molecule has 2 aliphatic heterocycles. The minimum Gasteiger partial charge on any atom is -0.465 e. The molecule has 3 rings (SSSR count). The minimum atomic E-state index is -0.337. The third kappa shape index (κ3) is 2.68. The summed E-state index contributed by atoms with van der Waals surface area (Å²) in [6, 6.07) is 5.53. The number of nitrogens with one attached hydrogen (secondary N) is 1. The van der Waals surface area contributed by atoms with E-state index in [0.717, 1.165) is 30.9 Å². The van der Waals surface area contributed by atoms with Gasteiger partial charge in [0.1, 0.15) is 6.17 Å². The maximum Gasteiger partial charge on any atom is 0.337 e. The summed E-state index contributed by atoms with van der Waals surface area (Å²) in [5.41, 5.74) is 2.50. The van der Waals surface area contributed by atoms with Gasteiger partial charge in [0.05, 0.1) is 35.5 Å². The number of anilines is 2. The minimum absolute atomic E-state index is 0.00114. The van der Waals surface area contributed by atoms with Crippen molar-refractivity contribution in [2.45, 2.75) is 31.0 Å². The number of rotatable bonds is 4. The van der Waals surface area contributed by atoms with Crippen LogP contribution in [0.4, 0.5) is 11.4 Å². The van der Waals surface area contributed by atoms with Gasteiger partial charge in [0.15, 0.2) is 0 Å².